The molecule has 0 saturated heterocycles. The first kappa shape index (κ1) is 17.4. The van der Waals surface area contributed by atoms with Crippen molar-refractivity contribution in [1.29, 1.82) is 0 Å². The van der Waals surface area contributed by atoms with Gasteiger partial charge in [-0.15, -0.1) is 11.3 Å². The second kappa shape index (κ2) is 6.29. The van der Waals surface area contributed by atoms with Gasteiger partial charge >= 0.3 is 6.18 Å². The van der Waals surface area contributed by atoms with E-state index in [0.717, 1.165) is 22.6 Å². The van der Waals surface area contributed by atoms with Crippen LogP contribution in [0.25, 0.3) is 0 Å². The summed E-state index contributed by atoms with van der Waals surface area (Å²) in [6.45, 7) is 3.55. The highest BCUT2D eigenvalue weighted by Gasteiger charge is 2.34. The molecular formula is C15H15F3N2O2S. The van der Waals surface area contributed by atoms with Crippen molar-refractivity contribution < 1.29 is 18.1 Å². The molecule has 0 aliphatic heterocycles. The van der Waals surface area contributed by atoms with Gasteiger partial charge in [-0.05, 0) is 30.0 Å². The summed E-state index contributed by atoms with van der Waals surface area (Å²) in [6.07, 6.45) is -4.63. The predicted octanol–water partition coefficient (Wildman–Crippen LogP) is 4.79. The van der Waals surface area contributed by atoms with Gasteiger partial charge in [0.25, 0.3) is 5.69 Å². The number of nitro benzene ring substituents is 1. The number of benzene rings is 1. The molecule has 0 saturated carbocycles. The molecule has 0 aliphatic carbocycles. The molecule has 0 aliphatic rings. The van der Waals surface area contributed by atoms with E-state index in [1.165, 1.54) is 11.3 Å². The summed E-state index contributed by atoms with van der Waals surface area (Å²) in [4.78, 5) is 11.3. The van der Waals surface area contributed by atoms with Crippen molar-refractivity contribution in [1.82, 2.24) is 0 Å². The number of nitro groups is 1. The summed E-state index contributed by atoms with van der Waals surface area (Å²) >= 11 is 1.43. The van der Waals surface area contributed by atoms with Crippen LogP contribution in [0.3, 0.4) is 0 Å². The van der Waals surface area contributed by atoms with Crippen LogP contribution in [0.2, 0.25) is 0 Å². The summed E-state index contributed by atoms with van der Waals surface area (Å²) in [7, 11) is 0. The molecule has 0 spiro atoms. The van der Waals surface area contributed by atoms with Crippen molar-refractivity contribution in [2.75, 3.05) is 0 Å². The predicted molar refractivity (Wildman–Crippen MR) is 82.5 cm³/mol. The molecule has 1 aromatic carbocycles. The van der Waals surface area contributed by atoms with E-state index in [2.05, 4.69) is 0 Å². The molecule has 23 heavy (non-hydrogen) atoms. The van der Waals surface area contributed by atoms with Gasteiger partial charge < -0.3 is 5.73 Å². The highest BCUT2D eigenvalue weighted by Crippen LogP contribution is 2.40. The van der Waals surface area contributed by atoms with Crippen molar-refractivity contribution >= 4 is 17.0 Å². The zero-order valence-electron chi connectivity index (χ0n) is 12.4. The standard InChI is InChI=1S/C15H15F3N2O2S/c1-8-5-6-23-14(8)13(19)9(2)11-4-3-10(15(16,17)18)7-12(11)20(21)22/h3-7,9,13H,19H2,1-2H3. The van der Waals surface area contributed by atoms with Gasteiger partial charge in [0.1, 0.15) is 0 Å². The lowest BCUT2D eigenvalue weighted by Gasteiger charge is -2.20. The third-order valence-electron chi connectivity index (χ3n) is 3.79. The number of nitrogens with two attached hydrogens (primary N) is 1. The Morgan fingerprint density at radius 3 is 2.43 bits per heavy atom. The topological polar surface area (TPSA) is 69.2 Å². The number of thiophene rings is 1. The van der Waals surface area contributed by atoms with Crippen molar-refractivity contribution in [3.63, 3.8) is 0 Å². The van der Waals surface area contributed by atoms with Crippen LogP contribution >= 0.6 is 11.3 Å². The van der Waals surface area contributed by atoms with Crippen molar-refractivity contribution in [3.05, 3.63) is 61.3 Å². The lowest BCUT2D eigenvalue weighted by molar-refractivity contribution is -0.386. The SMILES string of the molecule is Cc1ccsc1C(N)C(C)c1ccc(C(F)(F)F)cc1[N+](=O)[O-]. The number of rotatable bonds is 4. The Kier molecular flexibility index (Phi) is 4.76. The zero-order chi connectivity index (χ0) is 17.4. The Balaban J connectivity index is 2.46. The van der Waals surface area contributed by atoms with Gasteiger partial charge in [0.05, 0.1) is 10.5 Å². The van der Waals surface area contributed by atoms with E-state index in [4.69, 9.17) is 5.73 Å². The maximum Gasteiger partial charge on any atom is 0.416 e. The number of hydrogen-bond acceptors (Lipinski definition) is 4. The Hall–Kier alpha value is -1.93. The zero-order valence-corrected chi connectivity index (χ0v) is 13.2. The summed E-state index contributed by atoms with van der Waals surface area (Å²) < 4.78 is 38.3. The van der Waals surface area contributed by atoms with Crippen LogP contribution in [-0.4, -0.2) is 4.92 Å². The molecule has 2 atom stereocenters. The van der Waals surface area contributed by atoms with Gasteiger partial charge in [-0.25, -0.2) is 0 Å². The van der Waals surface area contributed by atoms with Gasteiger partial charge in [0, 0.05) is 28.5 Å². The van der Waals surface area contributed by atoms with Crippen LogP contribution in [0.1, 0.15) is 40.5 Å². The third-order valence-corrected chi connectivity index (χ3v) is 4.91. The molecule has 124 valence electrons. The monoisotopic (exact) mass is 344 g/mol. The summed E-state index contributed by atoms with van der Waals surface area (Å²) in [5.74, 6) is -0.491. The van der Waals surface area contributed by atoms with E-state index in [9.17, 15) is 23.3 Å². The van der Waals surface area contributed by atoms with Gasteiger partial charge in [-0.3, -0.25) is 10.1 Å². The van der Waals surface area contributed by atoms with Gasteiger partial charge in [-0.1, -0.05) is 13.0 Å². The van der Waals surface area contributed by atoms with Gasteiger partial charge in [-0.2, -0.15) is 13.2 Å². The van der Waals surface area contributed by atoms with Gasteiger partial charge in [0.2, 0.25) is 0 Å². The van der Waals surface area contributed by atoms with Crippen LogP contribution in [0.4, 0.5) is 18.9 Å². The number of halogens is 3. The first-order valence-corrected chi connectivity index (χ1v) is 7.66. The average Bonchev–Trinajstić information content (AvgIpc) is 2.90. The second-order valence-corrected chi connectivity index (χ2v) is 6.26. The fourth-order valence-corrected chi connectivity index (χ4v) is 3.44. The quantitative estimate of drug-likeness (QED) is 0.640. The molecular weight excluding hydrogens is 329 g/mol. The van der Waals surface area contributed by atoms with Gasteiger partial charge in [0.15, 0.2) is 0 Å². The lowest BCUT2D eigenvalue weighted by atomic mass is 9.90. The molecule has 2 aromatic rings. The molecule has 0 radical (unpaired) electrons. The molecule has 1 aromatic heterocycles. The number of aryl methyl sites for hydroxylation is 1. The molecule has 2 unspecified atom stereocenters. The van der Waals surface area contributed by atoms with Crippen molar-refractivity contribution in [2.45, 2.75) is 32.0 Å². The molecule has 8 heteroatoms. The Morgan fingerprint density at radius 1 is 1.30 bits per heavy atom. The molecule has 1 heterocycles. The second-order valence-electron chi connectivity index (χ2n) is 5.31. The fourth-order valence-electron chi connectivity index (χ4n) is 2.41. The number of hydrogen-bond donors (Lipinski definition) is 1. The molecule has 0 bridgehead atoms. The Bertz CT molecular complexity index is 728. The lowest BCUT2D eigenvalue weighted by Crippen LogP contribution is -2.18. The third kappa shape index (κ3) is 3.53. The highest BCUT2D eigenvalue weighted by molar-refractivity contribution is 7.10. The Labute approximate surface area is 134 Å². The minimum atomic E-state index is -4.63. The molecule has 0 amide bonds. The minimum absolute atomic E-state index is 0.198. The van der Waals surface area contributed by atoms with E-state index in [1.807, 2.05) is 18.4 Å². The highest BCUT2D eigenvalue weighted by atomic mass is 32.1. The van der Waals surface area contributed by atoms with Crippen molar-refractivity contribution in [3.8, 4) is 0 Å². The molecule has 0 fully saturated rings. The van der Waals surface area contributed by atoms with Crippen LogP contribution in [0, 0.1) is 17.0 Å². The number of alkyl halides is 3. The number of nitrogens with zero attached hydrogens (tertiary/aromatic N) is 1. The average molecular weight is 344 g/mol. The summed E-state index contributed by atoms with van der Waals surface area (Å²) in [6, 6.07) is 3.93. The van der Waals surface area contributed by atoms with Crippen LogP contribution in [-0.2, 0) is 6.18 Å². The van der Waals surface area contributed by atoms with Crippen molar-refractivity contribution in [2.24, 2.45) is 5.73 Å². The van der Waals surface area contributed by atoms with E-state index >= 15 is 0 Å². The molecule has 2 N–H and O–H groups in total. The fraction of sp³-hybridized carbons (Fsp3) is 0.333. The van der Waals surface area contributed by atoms with E-state index in [-0.39, 0.29) is 5.56 Å². The summed E-state index contributed by atoms with van der Waals surface area (Å²) in [5, 5.41) is 13.0. The maximum atomic E-state index is 12.8. The van der Waals surface area contributed by atoms with E-state index in [1.54, 1.807) is 6.92 Å². The maximum absolute atomic E-state index is 12.8. The Morgan fingerprint density at radius 2 is 1.96 bits per heavy atom. The molecule has 4 nitrogen and oxygen atoms in total. The van der Waals surface area contributed by atoms with Crippen LogP contribution in [0.15, 0.2) is 29.6 Å². The van der Waals surface area contributed by atoms with Crippen LogP contribution in [0.5, 0.6) is 0 Å². The van der Waals surface area contributed by atoms with E-state index < -0.39 is 34.3 Å². The molecule has 2 rings (SSSR count). The first-order valence-electron chi connectivity index (χ1n) is 6.78. The van der Waals surface area contributed by atoms with Crippen LogP contribution < -0.4 is 5.73 Å². The smallest absolute Gasteiger partial charge is 0.323 e. The minimum Gasteiger partial charge on any atom is -0.323 e. The summed E-state index contributed by atoms with van der Waals surface area (Å²) in [5.41, 5.74) is 5.73. The largest absolute Gasteiger partial charge is 0.416 e. The first-order chi connectivity index (χ1) is 10.6. The van der Waals surface area contributed by atoms with E-state index in [0.29, 0.717) is 6.07 Å². The normalized spacial score (nSPS) is 14.5.